The van der Waals surface area contributed by atoms with Crippen molar-refractivity contribution in [3.8, 4) is 5.75 Å². The number of nitrogens with two attached hydrogens (primary N) is 1. The van der Waals surface area contributed by atoms with Crippen molar-refractivity contribution in [3.05, 3.63) is 17.7 Å². The van der Waals surface area contributed by atoms with Gasteiger partial charge >= 0.3 is 0 Å². The maximum atomic E-state index is 5.79. The molecule has 0 spiro atoms. The Hall–Kier alpha value is -1.51. The van der Waals surface area contributed by atoms with Gasteiger partial charge in [-0.3, -0.25) is 4.99 Å². The molecule has 3 heteroatoms. The summed E-state index contributed by atoms with van der Waals surface area (Å²) >= 11 is 0. The molecule has 1 aliphatic heterocycles. The molecule has 1 aromatic carbocycles. The van der Waals surface area contributed by atoms with E-state index in [1.807, 2.05) is 18.3 Å². The van der Waals surface area contributed by atoms with Crippen LogP contribution in [0.25, 0.3) is 0 Å². The molecule has 0 aliphatic carbocycles. The topological polar surface area (TPSA) is 47.6 Å². The van der Waals surface area contributed by atoms with Crippen LogP contribution < -0.4 is 10.5 Å². The van der Waals surface area contributed by atoms with Gasteiger partial charge in [0, 0.05) is 36.0 Å². The fourth-order valence-electron chi connectivity index (χ4n) is 1.34. The fourth-order valence-corrected chi connectivity index (χ4v) is 1.34. The van der Waals surface area contributed by atoms with Crippen molar-refractivity contribution in [1.29, 1.82) is 0 Å². The van der Waals surface area contributed by atoms with Crippen LogP contribution in [0.5, 0.6) is 5.75 Å². The highest BCUT2D eigenvalue weighted by Crippen LogP contribution is 2.33. The van der Waals surface area contributed by atoms with Crippen molar-refractivity contribution in [2.24, 2.45) is 4.99 Å². The molecule has 1 heterocycles. The van der Waals surface area contributed by atoms with Crippen LogP contribution in [0.4, 0.5) is 11.4 Å². The van der Waals surface area contributed by atoms with Gasteiger partial charge in [-0.05, 0) is 0 Å². The zero-order valence-electron chi connectivity index (χ0n) is 6.87. The first kappa shape index (κ1) is 7.16. The van der Waals surface area contributed by atoms with Gasteiger partial charge in [-0.15, -0.1) is 0 Å². The summed E-state index contributed by atoms with van der Waals surface area (Å²) in [6.07, 6.45) is 2.70. The molecule has 0 fully saturated rings. The van der Waals surface area contributed by atoms with E-state index in [9.17, 15) is 0 Å². The predicted octanol–water partition coefficient (Wildman–Crippen LogP) is 1.54. The van der Waals surface area contributed by atoms with Gasteiger partial charge in [0.1, 0.15) is 5.75 Å². The molecule has 1 aliphatic rings. The number of nitrogens with zero attached hydrogens (tertiary/aromatic N) is 1. The second-order valence-corrected chi connectivity index (χ2v) is 2.73. The molecule has 2 rings (SSSR count). The van der Waals surface area contributed by atoms with Crippen LogP contribution >= 0.6 is 0 Å². The number of fused-ring (bicyclic) bond motifs is 1. The van der Waals surface area contributed by atoms with Gasteiger partial charge in [0.2, 0.25) is 0 Å². The standard InChI is InChI=1S/C9H10N2O/c1-12-6-4-8(10)7-2-3-11-9(7)5-6/h3-5H,2,10H2,1H3. The summed E-state index contributed by atoms with van der Waals surface area (Å²) < 4.78 is 5.07. The molecule has 0 saturated carbocycles. The van der Waals surface area contributed by atoms with E-state index < -0.39 is 0 Å². The van der Waals surface area contributed by atoms with E-state index in [2.05, 4.69) is 4.99 Å². The highest BCUT2D eigenvalue weighted by atomic mass is 16.5. The summed E-state index contributed by atoms with van der Waals surface area (Å²) in [5.41, 5.74) is 8.60. The van der Waals surface area contributed by atoms with E-state index in [1.165, 1.54) is 0 Å². The van der Waals surface area contributed by atoms with Crippen LogP contribution in [0, 0.1) is 0 Å². The molecule has 3 nitrogen and oxygen atoms in total. The minimum absolute atomic E-state index is 0.766. The minimum Gasteiger partial charge on any atom is -0.497 e. The Balaban J connectivity index is 2.56. The van der Waals surface area contributed by atoms with Crippen molar-refractivity contribution >= 4 is 17.6 Å². The van der Waals surface area contributed by atoms with Gasteiger partial charge in [0.05, 0.1) is 12.8 Å². The third kappa shape index (κ3) is 0.942. The first-order valence-corrected chi connectivity index (χ1v) is 3.80. The van der Waals surface area contributed by atoms with Crippen molar-refractivity contribution in [2.45, 2.75) is 6.42 Å². The van der Waals surface area contributed by atoms with Gasteiger partial charge < -0.3 is 10.5 Å². The van der Waals surface area contributed by atoms with Crippen LogP contribution in [-0.2, 0) is 6.42 Å². The summed E-state index contributed by atoms with van der Waals surface area (Å²) in [6, 6.07) is 3.72. The molecule has 0 aromatic heterocycles. The smallest absolute Gasteiger partial charge is 0.123 e. The SMILES string of the molecule is COc1cc(N)c2c(c1)N=CC2. The maximum Gasteiger partial charge on any atom is 0.123 e. The number of ether oxygens (including phenoxy) is 1. The van der Waals surface area contributed by atoms with Crippen molar-refractivity contribution in [3.63, 3.8) is 0 Å². The minimum atomic E-state index is 0.766. The first-order valence-electron chi connectivity index (χ1n) is 3.80. The van der Waals surface area contributed by atoms with Crippen LogP contribution in [0.3, 0.4) is 0 Å². The van der Waals surface area contributed by atoms with E-state index in [1.54, 1.807) is 7.11 Å². The van der Waals surface area contributed by atoms with Crippen molar-refractivity contribution in [1.82, 2.24) is 0 Å². The maximum absolute atomic E-state index is 5.79. The number of nitrogen functional groups attached to an aromatic ring is 1. The quantitative estimate of drug-likeness (QED) is 0.636. The second kappa shape index (κ2) is 2.52. The number of anilines is 1. The normalized spacial score (nSPS) is 13.1. The highest BCUT2D eigenvalue weighted by molar-refractivity contribution is 5.81. The van der Waals surface area contributed by atoms with Crippen molar-refractivity contribution in [2.75, 3.05) is 12.8 Å². The lowest BCUT2D eigenvalue weighted by Gasteiger charge is -2.05. The molecule has 0 saturated heterocycles. The number of rotatable bonds is 1. The molecule has 1 aromatic rings. The highest BCUT2D eigenvalue weighted by Gasteiger charge is 2.11. The van der Waals surface area contributed by atoms with Gasteiger partial charge in [-0.1, -0.05) is 0 Å². The fraction of sp³-hybridized carbons (Fsp3) is 0.222. The Labute approximate surface area is 70.9 Å². The predicted molar refractivity (Wildman–Crippen MR) is 49.3 cm³/mol. The van der Waals surface area contributed by atoms with E-state index in [-0.39, 0.29) is 0 Å². The Morgan fingerprint density at radius 2 is 2.33 bits per heavy atom. The number of benzene rings is 1. The third-order valence-electron chi connectivity index (χ3n) is 2.00. The summed E-state index contributed by atoms with van der Waals surface area (Å²) in [4.78, 5) is 4.18. The molecular formula is C9H10N2O. The van der Waals surface area contributed by atoms with Crippen LogP contribution in [0.1, 0.15) is 5.56 Å². The monoisotopic (exact) mass is 162 g/mol. The number of methoxy groups -OCH3 is 1. The van der Waals surface area contributed by atoms with Crippen LogP contribution in [0.15, 0.2) is 17.1 Å². The Morgan fingerprint density at radius 1 is 1.50 bits per heavy atom. The second-order valence-electron chi connectivity index (χ2n) is 2.73. The van der Waals surface area contributed by atoms with Crippen LogP contribution in [0.2, 0.25) is 0 Å². The molecule has 62 valence electrons. The average molecular weight is 162 g/mol. The van der Waals surface area contributed by atoms with Gasteiger partial charge in [0.25, 0.3) is 0 Å². The lowest BCUT2D eigenvalue weighted by Crippen LogP contribution is -1.93. The Morgan fingerprint density at radius 3 is 3.08 bits per heavy atom. The largest absolute Gasteiger partial charge is 0.497 e. The van der Waals surface area contributed by atoms with E-state index in [0.717, 1.165) is 29.1 Å². The number of aliphatic imine (C=N–C) groups is 1. The molecule has 0 amide bonds. The Kier molecular flexibility index (Phi) is 1.50. The number of hydrogen-bond acceptors (Lipinski definition) is 3. The van der Waals surface area contributed by atoms with E-state index in [0.29, 0.717) is 0 Å². The third-order valence-corrected chi connectivity index (χ3v) is 2.00. The Bertz CT molecular complexity index is 345. The summed E-state index contributed by atoms with van der Waals surface area (Å²) in [6.45, 7) is 0. The van der Waals surface area contributed by atoms with Crippen LogP contribution in [-0.4, -0.2) is 13.3 Å². The average Bonchev–Trinajstić information content (AvgIpc) is 2.52. The lowest BCUT2D eigenvalue weighted by molar-refractivity contribution is 0.415. The summed E-state index contributed by atoms with van der Waals surface area (Å²) in [5.74, 6) is 0.769. The molecule has 0 atom stereocenters. The molecule has 0 radical (unpaired) electrons. The molecule has 12 heavy (non-hydrogen) atoms. The zero-order chi connectivity index (χ0) is 8.55. The van der Waals surface area contributed by atoms with Gasteiger partial charge in [-0.2, -0.15) is 0 Å². The first-order chi connectivity index (χ1) is 5.81. The van der Waals surface area contributed by atoms with E-state index in [4.69, 9.17) is 10.5 Å². The molecule has 2 N–H and O–H groups in total. The summed E-state index contributed by atoms with van der Waals surface area (Å²) in [5, 5.41) is 0. The van der Waals surface area contributed by atoms with Gasteiger partial charge in [-0.25, -0.2) is 0 Å². The molecule has 0 unspecified atom stereocenters. The summed E-state index contributed by atoms with van der Waals surface area (Å²) in [7, 11) is 1.62. The van der Waals surface area contributed by atoms with E-state index >= 15 is 0 Å². The zero-order valence-corrected chi connectivity index (χ0v) is 6.87. The van der Waals surface area contributed by atoms with Gasteiger partial charge in [0.15, 0.2) is 0 Å². The number of hydrogen-bond donors (Lipinski definition) is 1. The van der Waals surface area contributed by atoms with Crippen molar-refractivity contribution < 1.29 is 4.74 Å². The lowest BCUT2D eigenvalue weighted by atomic mass is 10.1. The molecular weight excluding hydrogens is 152 g/mol. The molecule has 0 bridgehead atoms.